The van der Waals surface area contributed by atoms with Gasteiger partial charge in [-0.05, 0) is 41.5 Å². The maximum Gasteiger partial charge on any atom is 0.407 e. The lowest BCUT2D eigenvalue weighted by Crippen LogP contribution is -2.57. The minimum Gasteiger partial charge on any atom is -0.480 e. The molecule has 0 aromatic heterocycles. The highest BCUT2D eigenvalue weighted by Crippen LogP contribution is 2.44. The van der Waals surface area contributed by atoms with E-state index in [4.69, 9.17) is 4.74 Å². The molecule has 0 heterocycles. The molecule has 35 heavy (non-hydrogen) atoms. The van der Waals surface area contributed by atoms with E-state index >= 15 is 0 Å². The zero-order chi connectivity index (χ0) is 24.8. The molecule has 7 heteroatoms. The van der Waals surface area contributed by atoms with Gasteiger partial charge in [-0.1, -0.05) is 81.1 Å². The highest BCUT2D eigenvalue weighted by atomic mass is 16.5. The highest BCUT2D eigenvalue weighted by molar-refractivity contribution is 5.88. The summed E-state index contributed by atoms with van der Waals surface area (Å²) in [5.41, 5.74) is 3.39. The molecule has 0 saturated heterocycles. The van der Waals surface area contributed by atoms with Crippen LogP contribution < -0.4 is 10.6 Å². The highest BCUT2D eigenvalue weighted by Gasteiger charge is 2.42. The standard InChI is InChI=1S/C28H34N2O5/c1-2-10-19(25(31)30-28(26(32)33)15-8-3-9-16-28)17-29-27(34)35-18-24-22-13-6-4-11-20(22)21-12-5-7-14-23(21)24/h4-7,11-14,19,24H,2-3,8-10,15-18H2,1H3,(H,29,34)(H,30,31)(H,32,33). The van der Waals surface area contributed by atoms with Crippen LogP contribution in [0.4, 0.5) is 4.79 Å². The number of carbonyl (C=O) groups excluding carboxylic acids is 2. The van der Waals surface area contributed by atoms with Crippen molar-refractivity contribution in [3.05, 3.63) is 59.7 Å². The third kappa shape index (κ3) is 5.34. The average Bonchev–Trinajstić information content (AvgIpc) is 3.19. The number of amides is 2. The Labute approximate surface area is 206 Å². The van der Waals surface area contributed by atoms with Gasteiger partial charge in [0.2, 0.25) is 5.91 Å². The van der Waals surface area contributed by atoms with Crippen molar-refractivity contribution in [2.24, 2.45) is 5.92 Å². The maximum atomic E-state index is 13.0. The van der Waals surface area contributed by atoms with Crippen LogP contribution >= 0.6 is 0 Å². The number of carboxylic acids is 1. The molecule has 2 aromatic rings. The molecule has 1 atom stereocenters. The van der Waals surface area contributed by atoms with Crippen molar-refractivity contribution in [1.82, 2.24) is 10.6 Å². The summed E-state index contributed by atoms with van der Waals surface area (Å²) in [7, 11) is 0. The largest absolute Gasteiger partial charge is 0.480 e. The van der Waals surface area contributed by atoms with Crippen molar-refractivity contribution in [2.75, 3.05) is 13.2 Å². The monoisotopic (exact) mass is 478 g/mol. The SMILES string of the molecule is CCCC(CNC(=O)OCC1c2ccccc2-c2ccccc21)C(=O)NC1(C(=O)O)CCCCC1. The topological polar surface area (TPSA) is 105 Å². The lowest BCUT2D eigenvalue weighted by Gasteiger charge is -2.35. The van der Waals surface area contributed by atoms with Crippen LogP contribution in [0.5, 0.6) is 0 Å². The van der Waals surface area contributed by atoms with E-state index in [1.165, 1.54) is 0 Å². The molecule has 2 aromatic carbocycles. The van der Waals surface area contributed by atoms with Crippen molar-refractivity contribution >= 4 is 18.0 Å². The molecule has 7 nitrogen and oxygen atoms in total. The molecular weight excluding hydrogens is 444 g/mol. The average molecular weight is 479 g/mol. The molecule has 0 bridgehead atoms. The Kier molecular flexibility index (Phi) is 7.73. The van der Waals surface area contributed by atoms with Gasteiger partial charge in [0.25, 0.3) is 0 Å². The van der Waals surface area contributed by atoms with Crippen molar-refractivity contribution < 1.29 is 24.2 Å². The second-order valence-corrected chi connectivity index (χ2v) is 9.63. The van der Waals surface area contributed by atoms with Gasteiger partial charge in [-0.2, -0.15) is 0 Å². The van der Waals surface area contributed by atoms with Crippen LogP contribution in [0.25, 0.3) is 11.1 Å². The van der Waals surface area contributed by atoms with E-state index in [-0.39, 0.29) is 25.0 Å². The van der Waals surface area contributed by atoms with Crippen LogP contribution in [-0.2, 0) is 14.3 Å². The minimum absolute atomic E-state index is 0.0374. The van der Waals surface area contributed by atoms with Crippen LogP contribution in [0.1, 0.15) is 68.9 Å². The maximum absolute atomic E-state index is 13.0. The summed E-state index contributed by atoms with van der Waals surface area (Å²) >= 11 is 0. The zero-order valence-electron chi connectivity index (χ0n) is 20.2. The first-order valence-corrected chi connectivity index (χ1v) is 12.6. The Hall–Kier alpha value is -3.35. The van der Waals surface area contributed by atoms with Crippen LogP contribution in [0.2, 0.25) is 0 Å². The van der Waals surface area contributed by atoms with Crippen molar-refractivity contribution in [3.63, 3.8) is 0 Å². The summed E-state index contributed by atoms with van der Waals surface area (Å²) in [6, 6.07) is 16.3. The summed E-state index contributed by atoms with van der Waals surface area (Å²) in [5.74, 6) is -1.86. The van der Waals surface area contributed by atoms with Gasteiger partial charge in [0.15, 0.2) is 0 Å². The van der Waals surface area contributed by atoms with E-state index in [0.29, 0.717) is 19.3 Å². The lowest BCUT2D eigenvalue weighted by molar-refractivity contribution is -0.150. The number of fused-ring (bicyclic) bond motifs is 3. The summed E-state index contributed by atoms with van der Waals surface area (Å²) in [6.45, 7) is 2.26. The van der Waals surface area contributed by atoms with Gasteiger partial charge >= 0.3 is 12.1 Å². The number of hydrogen-bond donors (Lipinski definition) is 3. The molecule has 4 rings (SSSR count). The van der Waals surface area contributed by atoms with Gasteiger partial charge in [-0.15, -0.1) is 0 Å². The summed E-state index contributed by atoms with van der Waals surface area (Å²) in [4.78, 5) is 37.5. The second-order valence-electron chi connectivity index (χ2n) is 9.63. The van der Waals surface area contributed by atoms with E-state index < -0.39 is 23.5 Å². The number of aliphatic carboxylic acids is 1. The Bertz CT molecular complexity index is 1030. The molecule has 2 amide bonds. The number of nitrogens with one attached hydrogen (secondary N) is 2. The second kappa shape index (κ2) is 10.9. The van der Waals surface area contributed by atoms with Crippen molar-refractivity contribution in [1.29, 1.82) is 0 Å². The molecule has 0 aliphatic heterocycles. The number of hydrogen-bond acceptors (Lipinski definition) is 4. The number of benzene rings is 2. The molecule has 2 aliphatic rings. The normalized spacial score (nSPS) is 17.1. The predicted molar refractivity (Wildman–Crippen MR) is 133 cm³/mol. The van der Waals surface area contributed by atoms with Crippen molar-refractivity contribution in [3.8, 4) is 11.1 Å². The Morgan fingerprint density at radius 2 is 1.60 bits per heavy atom. The fraction of sp³-hybridized carbons (Fsp3) is 0.464. The van der Waals surface area contributed by atoms with E-state index in [1.54, 1.807) is 0 Å². The molecule has 186 valence electrons. The van der Waals surface area contributed by atoms with E-state index in [9.17, 15) is 19.5 Å². The first-order valence-electron chi connectivity index (χ1n) is 12.6. The minimum atomic E-state index is -1.20. The van der Waals surface area contributed by atoms with E-state index in [0.717, 1.165) is 47.9 Å². The zero-order valence-corrected chi connectivity index (χ0v) is 20.2. The molecule has 1 unspecified atom stereocenters. The van der Waals surface area contributed by atoms with Gasteiger partial charge < -0.3 is 20.5 Å². The Morgan fingerprint density at radius 1 is 1.00 bits per heavy atom. The molecule has 0 radical (unpaired) electrons. The number of ether oxygens (including phenoxy) is 1. The Morgan fingerprint density at radius 3 is 2.17 bits per heavy atom. The number of carbonyl (C=O) groups is 3. The molecule has 1 saturated carbocycles. The molecule has 1 fully saturated rings. The molecule has 3 N–H and O–H groups in total. The fourth-order valence-corrected chi connectivity index (χ4v) is 5.42. The van der Waals surface area contributed by atoms with Gasteiger partial charge in [0, 0.05) is 12.5 Å². The third-order valence-electron chi connectivity index (χ3n) is 7.32. The summed E-state index contributed by atoms with van der Waals surface area (Å²) in [6.07, 6.45) is 4.12. The lowest BCUT2D eigenvalue weighted by atomic mass is 9.81. The quantitative estimate of drug-likeness (QED) is 0.478. The first kappa shape index (κ1) is 24.8. The molecule has 2 aliphatic carbocycles. The predicted octanol–water partition coefficient (Wildman–Crippen LogP) is 4.85. The summed E-state index contributed by atoms with van der Waals surface area (Å²) < 4.78 is 5.58. The molecular formula is C28H34N2O5. The number of carboxylic acid groups (broad SMARTS) is 1. The van der Waals surface area contributed by atoms with Crippen molar-refractivity contribution in [2.45, 2.75) is 63.3 Å². The number of rotatable bonds is 9. The van der Waals surface area contributed by atoms with Gasteiger partial charge in [0.05, 0.1) is 5.92 Å². The van der Waals surface area contributed by atoms with Crippen LogP contribution in [-0.4, -0.2) is 41.8 Å². The fourth-order valence-electron chi connectivity index (χ4n) is 5.42. The Balaban J connectivity index is 1.35. The van der Waals surface area contributed by atoms with Crippen LogP contribution in [0, 0.1) is 5.92 Å². The first-order chi connectivity index (χ1) is 16.9. The van der Waals surface area contributed by atoms with Crippen LogP contribution in [0.3, 0.4) is 0 Å². The van der Waals surface area contributed by atoms with Gasteiger partial charge in [0.1, 0.15) is 12.1 Å². The van der Waals surface area contributed by atoms with E-state index in [2.05, 4.69) is 34.9 Å². The third-order valence-corrected chi connectivity index (χ3v) is 7.32. The summed E-state index contributed by atoms with van der Waals surface area (Å²) in [5, 5.41) is 15.3. The van der Waals surface area contributed by atoms with E-state index in [1.807, 2.05) is 31.2 Å². The smallest absolute Gasteiger partial charge is 0.407 e. The van der Waals surface area contributed by atoms with Gasteiger partial charge in [-0.3, -0.25) is 4.79 Å². The van der Waals surface area contributed by atoms with Gasteiger partial charge in [-0.25, -0.2) is 9.59 Å². The molecule has 0 spiro atoms. The number of alkyl carbamates (subject to hydrolysis) is 1. The van der Waals surface area contributed by atoms with Crippen LogP contribution in [0.15, 0.2) is 48.5 Å².